The Morgan fingerprint density at radius 1 is 1.15 bits per heavy atom. The summed E-state index contributed by atoms with van der Waals surface area (Å²) < 4.78 is 1.49. The Morgan fingerprint density at radius 2 is 1.92 bits per heavy atom. The number of piperazine rings is 1. The van der Waals surface area contributed by atoms with E-state index in [4.69, 9.17) is 0 Å². The molecule has 138 valence electrons. The van der Waals surface area contributed by atoms with Gasteiger partial charge in [0.2, 0.25) is 5.91 Å². The minimum atomic E-state index is -0.0498. The van der Waals surface area contributed by atoms with Crippen molar-refractivity contribution in [1.29, 1.82) is 0 Å². The number of nitrogens with zero attached hydrogens (tertiary/aromatic N) is 6. The van der Waals surface area contributed by atoms with Gasteiger partial charge in [0.15, 0.2) is 0 Å². The summed E-state index contributed by atoms with van der Waals surface area (Å²) in [5.74, 6) is -0.0122. The summed E-state index contributed by atoms with van der Waals surface area (Å²) in [6.07, 6.45) is 2.40. The van der Waals surface area contributed by atoms with Crippen LogP contribution >= 0.6 is 0 Å². The van der Waals surface area contributed by atoms with Gasteiger partial charge in [0.05, 0.1) is 17.8 Å². The quantitative estimate of drug-likeness (QED) is 0.778. The zero-order valence-corrected chi connectivity index (χ0v) is 14.8. The molecule has 0 unspecified atom stereocenters. The van der Waals surface area contributed by atoms with Crippen molar-refractivity contribution < 1.29 is 9.59 Å². The number of para-hydroxylation sites is 1. The molecule has 0 aliphatic carbocycles. The van der Waals surface area contributed by atoms with Gasteiger partial charge in [0, 0.05) is 32.7 Å². The topological polar surface area (TPSA) is 96.2 Å². The Kier molecular flexibility index (Phi) is 5.90. The van der Waals surface area contributed by atoms with Crippen LogP contribution in [0.3, 0.4) is 0 Å². The van der Waals surface area contributed by atoms with E-state index in [1.54, 1.807) is 6.07 Å². The number of carbonyl (C=O) groups excluding carboxylic acids is 2. The van der Waals surface area contributed by atoms with Crippen LogP contribution in [0.15, 0.2) is 30.6 Å². The van der Waals surface area contributed by atoms with Gasteiger partial charge in [0.25, 0.3) is 5.91 Å². The summed E-state index contributed by atoms with van der Waals surface area (Å²) in [5, 5.41) is 14.0. The standard InChI is InChI=1S/C17H23N7O2/c1-2-7-18-16(25)12-22-8-10-23(11-9-22)17(26)14-5-3-4-6-15(14)24-13-19-20-21-24/h3-6,13H,2,7-12H2,1H3,(H,18,25). The van der Waals surface area contributed by atoms with E-state index in [2.05, 4.69) is 25.7 Å². The van der Waals surface area contributed by atoms with E-state index in [-0.39, 0.29) is 11.8 Å². The molecule has 9 nitrogen and oxygen atoms in total. The van der Waals surface area contributed by atoms with E-state index < -0.39 is 0 Å². The van der Waals surface area contributed by atoms with Crippen LogP contribution in [0.2, 0.25) is 0 Å². The molecule has 1 aromatic heterocycles. The van der Waals surface area contributed by atoms with E-state index in [0.29, 0.717) is 50.5 Å². The number of amides is 2. The van der Waals surface area contributed by atoms with Crippen LogP contribution in [0, 0.1) is 0 Å². The molecule has 9 heteroatoms. The van der Waals surface area contributed by atoms with E-state index in [0.717, 1.165) is 6.42 Å². The molecular weight excluding hydrogens is 334 g/mol. The number of hydrogen-bond acceptors (Lipinski definition) is 6. The van der Waals surface area contributed by atoms with E-state index >= 15 is 0 Å². The number of rotatable bonds is 6. The first-order chi connectivity index (χ1) is 12.7. The average molecular weight is 357 g/mol. The molecule has 2 heterocycles. The van der Waals surface area contributed by atoms with Crippen molar-refractivity contribution in [2.45, 2.75) is 13.3 Å². The third-order valence-electron chi connectivity index (χ3n) is 4.33. The monoisotopic (exact) mass is 357 g/mol. The normalized spacial score (nSPS) is 15.0. The number of carbonyl (C=O) groups is 2. The maximum absolute atomic E-state index is 12.9. The first kappa shape index (κ1) is 18.0. The van der Waals surface area contributed by atoms with Crippen LogP contribution in [0.25, 0.3) is 5.69 Å². The van der Waals surface area contributed by atoms with Gasteiger partial charge < -0.3 is 10.2 Å². The van der Waals surface area contributed by atoms with Crippen molar-refractivity contribution >= 4 is 11.8 Å². The summed E-state index contributed by atoms with van der Waals surface area (Å²) in [5.41, 5.74) is 1.22. The molecule has 3 rings (SSSR count). The fourth-order valence-electron chi connectivity index (χ4n) is 2.93. The number of benzene rings is 1. The molecule has 0 atom stereocenters. The van der Waals surface area contributed by atoms with Crippen LogP contribution in [0.1, 0.15) is 23.7 Å². The predicted octanol–water partition coefficient (Wildman–Crippen LogP) is -0.0537. The zero-order valence-electron chi connectivity index (χ0n) is 14.8. The summed E-state index contributed by atoms with van der Waals surface area (Å²) in [7, 11) is 0. The third kappa shape index (κ3) is 4.23. The molecule has 0 bridgehead atoms. The molecule has 1 N–H and O–H groups in total. The SMILES string of the molecule is CCCNC(=O)CN1CCN(C(=O)c2ccccc2-n2cnnn2)CC1. The minimum absolute atomic E-state index is 0.0376. The highest BCUT2D eigenvalue weighted by atomic mass is 16.2. The second-order valence-corrected chi connectivity index (χ2v) is 6.19. The highest BCUT2D eigenvalue weighted by Crippen LogP contribution is 2.16. The fourth-order valence-corrected chi connectivity index (χ4v) is 2.93. The van der Waals surface area contributed by atoms with Gasteiger partial charge in [-0.2, -0.15) is 4.68 Å². The Bertz CT molecular complexity index is 739. The minimum Gasteiger partial charge on any atom is -0.355 e. The van der Waals surface area contributed by atoms with E-state index in [1.807, 2.05) is 30.0 Å². The summed E-state index contributed by atoms with van der Waals surface area (Å²) >= 11 is 0. The Morgan fingerprint density at radius 3 is 2.62 bits per heavy atom. The van der Waals surface area contributed by atoms with Gasteiger partial charge in [-0.15, -0.1) is 5.10 Å². The lowest BCUT2D eigenvalue weighted by Gasteiger charge is -2.34. The van der Waals surface area contributed by atoms with Crippen molar-refractivity contribution in [3.05, 3.63) is 36.2 Å². The predicted molar refractivity (Wildman–Crippen MR) is 94.8 cm³/mol. The molecule has 0 saturated carbocycles. The molecule has 0 radical (unpaired) electrons. The van der Waals surface area contributed by atoms with Gasteiger partial charge in [-0.25, -0.2) is 0 Å². The zero-order chi connectivity index (χ0) is 18.4. The van der Waals surface area contributed by atoms with Crippen LogP contribution in [-0.4, -0.2) is 81.1 Å². The second-order valence-electron chi connectivity index (χ2n) is 6.19. The van der Waals surface area contributed by atoms with Crippen molar-refractivity contribution in [2.75, 3.05) is 39.3 Å². The lowest BCUT2D eigenvalue weighted by molar-refractivity contribution is -0.122. The first-order valence-corrected chi connectivity index (χ1v) is 8.79. The van der Waals surface area contributed by atoms with Crippen molar-refractivity contribution in [3.63, 3.8) is 0 Å². The van der Waals surface area contributed by atoms with Crippen LogP contribution in [-0.2, 0) is 4.79 Å². The van der Waals surface area contributed by atoms with Crippen LogP contribution < -0.4 is 5.32 Å². The number of nitrogens with one attached hydrogen (secondary N) is 1. The highest BCUT2D eigenvalue weighted by Gasteiger charge is 2.25. The lowest BCUT2D eigenvalue weighted by atomic mass is 10.1. The Balaban J connectivity index is 1.60. The van der Waals surface area contributed by atoms with Crippen LogP contribution in [0.5, 0.6) is 0 Å². The van der Waals surface area contributed by atoms with Crippen molar-refractivity contribution in [2.24, 2.45) is 0 Å². The Hall–Kier alpha value is -2.81. The van der Waals surface area contributed by atoms with Crippen LogP contribution in [0.4, 0.5) is 0 Å². The van der Waals surface area contributed by atoms with Gasteiger partial charge in [0.1, 0.15) is 6.33 Å². The average Bonchev–Trinajstić information content (AvgIpc) is 3.21. The maximum Gasteiger partial charge on any atom is 0.256 e. The molecule has 1 aliphatic rings. The molecule has 0 spiro atoms. The van der Waals surface area contributed by atoms with Crippen molar-refractivity contribution in [1.82, 2.24) is 35.3 Å². The molecule has 2 aromatic rings. The molecule has 26 heavy (non-hydrogen) atoms. The molecular formula is C17H23N7O2. The molecule has 1 fully saturated rings. The van der Waals surface area contributed by atoms with E-state index in [9.17, 15) is 9.59 Å². The maximum atomic E-state index is 12.9. The van der Waals surface area contributed by atoms with Gasteiger partial charge in [-0.05, 0) is 29.0 Å². The van der Waals surface area contributed by atoms with Gasteiger partial charge >= 0.3 is 0 Å². The summed E-state index contributed by atoms with van der Waals surface area (Å²) in [6.45, 7) is 5.64. The molecule has 1 saturated heterocycles. The molecule has 1 aromatic carbocycles. The number of tetrazole rings is 1. The largest absolute Gasteiger partial charge is 0.355 e. The molecule has 1 aliphatic heterocycles. The summed E-state index contributed by atoms with van der Waals surface area (Å²) in [4.78, 5) is 28.6. The highest BCUT2D eigenvalue weighted by molar-refractivity contribution is 5.97. The van der Waals surface area contributed by atoms with E-state index in [1.165, 1.54) is 11.0 Å². The number of aromatic nitrogens is 4. The molecule has 2 amide bonds. The smallest absolute Gasteiger partial charge is 0.256 e. The second kappa shape index (κ2) is 8.52. The Labute approximate surface area is 152 Å². The third-order valence-corrected chi connectivity index (χ3v) is 4.33. The number of hydrogen-bond donors (Lipinski definition) is 1. The lowest BCUT2D eigenvalue weighted by Crippen LogP contribution is -2.51. The summed E-state index contributed by atoms with van der Waals surface area (Å²) in [6, 6.07) is 7.28. The first-order valence-electron chi connectivity index (χ1n) is 8.79. The van der Waals surface area contributed by atoms with Gasteiger partial charge in [-0.3, -0.25) is 14.5 Å². The fraction of sp³-hybridized carbons (Fsp3) is 0.471. The van der Waals surface area contributed by atoms with Gasteiger partial charge in [-0.1, -0.05) is 19.1 Å². The van der Waals surface area contributed by atoms with Crippen molar-refractivity contribution in [3.8, 4) is 5.69 Å².